The Balaban J connectivity index is 1.55. The first-order chi connectivity index (χ1) is 15.8. The summed E-state index contributed by atoms with van der Waals surface area (Å²) in [6.07, 6.45) is 3.50. The molecular formula is C21H29N9O2. The third-order valence-corrected chi connectivity index (χ3v) is 4.11. The van der Waals surface area contributed by atoms with Crippen LogP contribution in [-0.2, 0) is 22.6 Å². The lowest BCUT2D eigenvalue weighted by Gasteiger charge is -2.11. The summed E-state index contributed by atoms with van der Waals surface area (Å²) in [5, 5.41) is 9.55. The molecule has 0 aliphatic rings. The highest BCUT2D eigenvalue weighted by molar-refractivity contribution is 5.42. The lowest BCUT2D eigenvalue weighted by atomic mass is 10.3. The molecular weight excluding hydrogens is 410 g/mol. The highest BCUT2D eigenvalue weighted by Crippen LogP contribution is 2.11. The molecule has 3 aromatic rings. The molecule has 0 saturated heterocycles. The monoisotopic (exact) mass is 439 g/mol. The van der Waals surface area contributed by atoms with Gasteiger partial charge in [-0.25, -0.2) is 0 Å². The number of hydrogen-bond donors (Lipinski definition) is 4. The van der Waals surface area contributed by atoms with Gasteiger partial charge >= 0.3 is 0 Å². The lowest BCUT2D eigenvalue weighted by Crippen LogP contribution is -2.17. The molecule has 170 valence electrons. The van der Waals surface area contributed by atoms with Gasteiger partial charge < -0.3 is 31.2 Å². The maximum atomic E-state index is 5.53. The zero-order valence-corrected chi connectivity index (χ0v) is 17.9. The van der Waals surface area contributed by atoms with Crippen LogP contribution in [0.5, 0.6) is 0 Å². The number of nitrogens with two attached hydrogens (primary N) is 1. The van der Waals surface area contributed by atoms with Crippen molar-refractivity contribution in [1.82, 2.24) is 24.9 Å². The highest BCUT2D eigenvalue weighted by Gasteiger charge is 2.07. The third kappa shape index (κ3) is 8.76. The standard InChI is InChI=1S/C21H29N9O2/c22-7-11-31-13-14-32-12-10-25-19-28-20(26-15-17-5-1-3-8-23-17)30-21(29-19)27-16-18-6-2-4-9-24-18/h1-6,8-9H,7,10-16,22H2,(H3,25,26,27,28,29,30). The Labute approximate surface area is 187 Å². The summed E-state index contributed by atoms with van der Waals surface area (Å²) in [6.45, 7) is 4.10. The predicted molar refractivity (Wildman–Crippen MR) is 122 cm³/mol. The highest BCUT2D eigenvalue weighted by atomic mass is 16.5. The number of ether oxygens (including phenoxy) is 2. The summed E-state index contributed by atoms with van der Waals surface area (Å²) < 4.78 is 10.8. The molecule has 3 rings (SSSR count). The molecule has 0 atom stereocenters. The van der Waals surface area contributed by atoms with Gasteiger partial charge in [-0.2, -0.15) is 15.0 Å². The number of aromatic nitrogens is 5. The summed E-state index contributed by atoms with van der Waals surface area (Å²) in [7, 11) is 0. The molecule has 0 aliphatic carbocycles. The van der Waals surface area contributed by atoms with Gasteiger partial charge in [-0.05, 0) is 24.3 Å². The molecule has 0 unspecified atom stereocenters. The Kier molecular flexibility index (Phi) is 10.0. The Bertz CT molecular complexity index is 839. The maximum Gasteiger partial charge on any atom is 0.229 e. The second kappa shape index (κ2) is 13.8. The average Bonchev–Trinajstić information content (AvgIpc) is 2.84. The Hall–Kier alpha value is -3.41. The normalized spacial score (nSPS) is 10.7. The first-order valence-electron chi connectivity index (χ1n) is 10.5. The van der Waals surface area contributed by atoms with Crippen molar-refractivity contribution in [3.05, 3.63) is 60.2 Å². The smallest absolute Gasteiger partial charge is 0.229 e. The topological polar surface area (TPSA) is 145 Å². The molecule has 11 nitrogen and oxygen atoms in total. The van der Waals surface area contributed by atoms with Crippen LogP contribution in [0.15, 0.2) is 48.8 Å². The fourth-order valence-electron chi connectivity index (χ4n) is 2.60. The molecule has 0 aliphatic heterocycles. The Morgan fingerprint density at radius 3 is 1.69 bits per heavy atom. The number of hydrogen-bond acceptors (Lipinski definition) is 11. The molecule has 0 fully saturated rings. The Morgan fingerprint density at radius 2 is 1.19 bits per heavy atom. The van der Waals surface area contributed by atoms with Crippen molar-refractivity contribution in [1.29, 1.82) is 0 Å². The SMILES string of the molecule is NCCOCCOCCNc1nc(NCc2ccccn2)nc(NCc2ccccn2)n1. The van der Waals surface area contributed by atoms with Gasteiger partial charge in [0.05, 0.1) is 50.9 Å². The van der Waals surface area contributed by atoms with E-state index in [-0.39, 0.29) is 0 Å². The zero-order chi connectivity index (χ0) is 22.3. The first-order valence-corrected chi connectivity index (χ1v) is 10.5. The minimum absolute atomic E-state index is 0.438. The summed E-state index contributed by atoms with van der Waals surface area (Å²) in [5.74, 6) is 1.32. The second-order valence-corrected chi connectivity index (χ2v) is 6.60. The fourth-order valence-corrected chi connectivity index (χ4v) is 2.60. The van der Waals surface area contributed by atoms with Crippen LogP contribution in [0.3, 0.4) is 0 Å². The van der Waals surface area contributed by atoms with E-state index >= 15 is 0 Å². The number of rotatable bonds is 15. The van der Waals surface area contributed by atoms with Gasteiger partial charge in [-0.1, -0.05) is 12.1 Å². The van der Waals surface area contributed by atoms with E-state index in [4.69, 9.17) is 15.2 Å². The van der Waals surface area contributed by atoms with Crippen LogP contribution in [0.4, 0.5) is 17.8 Å². The van der Waals surface area contributed by atoms with Crippen molar-refractivity contribution in [2.75, 3.05) is 55.5 Å². The predicted octanol–water partition coefficient (Wildman–Crippen LogP) is 1.29. The van der Waals surface area contributed by atoms with Crippen molar-refractivity contribution in [2.45, 2.75) is 13.1 Å². The van der Waals surface area contributed by atoms with E-state index in [1.54, 1.807) is 12.4 Å². The largest absolute Gasteiger partial charge is 0.378 e. The van der Waals surface area contributed by atoms with Gasteiger partial charge in [0, 0.05) is 25.5 Å². The third-order valence-electron chi connectivity index (χ3n) is 4.11. The molecule has 5 N–H and O–H groups in total. The molecule has 0 amide bonds. The first kappa shape index (κ1) is 23.3. The van der Waals surface area contributed by atoms with E-state index in [1.807, 2.05) is 36.4 Å². The summed E-state index contributed by atoms with van der Waals surface area (Å²) in [5.41, 5.74) is 7.15. The van der Waals surface area contributed by atoms with Gasteiger partial charge in [0.25, 0.3) is 0 Å². The van der Waals surface area contributed by atoms with E-state index in [1.165, 1.54) is 0 Å². The molecule has 0 saturated carbocycles. The number of anilines is 3. The van der Waals surface area contributed by atoms with E-state index < -0.39 is 0 Å². The molecule has 11 heteroatoms. The van der Waals surface area contributed by atoms with Crippen molar-refractivity contribution in [3.8, 4) is 0 Å². The zero-order valence-electron chi connectivity index (χ0n) is 17.9. The quantitative estimate of drug-likeness (QED) is 0.254. The molecule has 0 bridgehead atoms. The van der Waals surface area contributed by atoms with Crippen LogP contribution in [-0.4, -0.2) is 64.4 Å². The van der Waals surface area contributed by atoms with Crippen LogP contribution in [0, 0.1) is 0 Å². The summed E-state index contributed by atoms with van der Waals surface area (Å²) in [4.78, 5) is 21.9. The molecule has 0 spiro atoms. The lowest BCUT2D eigenvalue weighted by molar-refractivity contribution is 0.0547. The average molecular weight is 440 g/mol. The van der Waals surface area contributed by atoms with Crippen LogP contribution in [0.1, 0.15) is 11.4 Å². The van der Waals surface area contributed by atoms with Gasteiger partial charge in [-0.3, -0.25) is 9.97 Å². The van der Waals surface area contributed by atoms with Crippen LogP contribution in [0.2, 0.25) is 0 Å². The van der Waals surface area contributed by atoms with Crippen LogP contribution in [0.25, 0.3) is 0 Å². The van der Waals surface area contributed by atoms with E-state index in [0.29, 0.717) is 70.5 Å². The molecule has 0 radical (unpaired) electrons. The van der Waals surface area contributed by atoms with Crippen molar-refractivity contribution in [2.24, 2.45) is 5.73 Å². The van der Waals surface area contributed by atoms with Gasteiger partial charge in [0.1, 0.15) is 0 Å². The van der Waals surface area contributed by atoms with E-state index in [0.717, 1.165) is 11.4 Å². The van der Waals surface area contributed by atoms with Crippen LogP contribution >= 0.6 is 0 Å². The summed E-state index contributed by atoms with van der Waals surface area (Å²) in [6, 6.07) is 11.5. The summed E-state index contributed by atoms with van der Waals surface area (Å²) >= 11 is 0. The molecule has 0 aromatic carbocycles. The molecule has 32 heavy (non-hydrogen) atoms. The molecule has 3 aromatic heterocycles. The second-order valence-electron chi connectivity index (χ2n) is 6.60. The Morgan fingerprint density at radius 1 is 0.656 bits per heavy atom. The number of nitrogens with zero attached hydrogens (tertiary/aromatic N) is 5. The fraction of sp³-hybridized carbons (Fsp3) is 0.381. The molecule has 3 heterocycles. The van der Waals surface area contributed by atoms with Crippen LogP contribution < -0.4 is 21.7 Å². The van der Waals surface area contributed by atoms with Gasteiger partial charge in [0.2, 0.25) is 17.8 Å². The minimum Gasteiger partial charge on any atom is -0.378 e. The van der Waals surface area contributed by atoms with E-state index in [2.05, 4.69) is 40.9 Å². The van der Waals surface area contributed by atoms with Crippen molar-refractivity contribution < 1.29 is 9.47 Å². The van der Waals surface area contributed by atoms with E-state index in [9.17, 15) is 0 Å². The van der Waals surface area contributed by atoms with Crippen molar-refractivity contribution in [3.63, 3.8) is 0 Å². The maximum absolute atomic E-state index is 5.53. The number of nitrogens with one attached hydrogen (secondary N) is 3. The van der Waals surface area contributed by atoms with Gasteiger partial charge in [0.15, 0.2) is 0 Å². The van der Waals surface area contributed by atoms with Gasteiger partial charge in [-0.15, -0.1) is 0 Å². The van der Waals surface area contributed by atoms with Crippen molar-refractivity contribution >= 4 is 17.8 Å². The number of pyridine rings is 2. The minimum atomic E-state index is 0.438.